The fraction of sp³-hybridized carbons (Fsp3) is 0.500. The molecule has 2 N–H and O–H groups in total. The van der Waals surface area contributed by atoms with Gasteiger partial charge in [0.15, 0.2) is 0 Å². The molecule has 0 aromatic heterocycles. The van der Waals surface area contributed by atoms with Crippen LogP contribution < -0.4 is 5.73 Å². The van der Waals surface area contributed by atoms with Crippen LogP contribution in [0.2, 0.25) is 0 Å². The van der Waals surface area contributed by atoms with Crippen LogP contribution in [0, 0.1) is 5.92 Å². The van der Waals surface area contributed by atoms with Gasteiger partial charge in [0.25, 0.3) is 0 Å². The van der Waals surface area contributed by atoms with Crippen molar-refractivity contribution in [3.8, 4) is 0 Å². The van der Waals surface area contributed by atoms with Crippen molar-refractivity contribution < 1.29 is 4.74 Å². The third-order valence-electron chi connectivity index (χ3n) is 1.07. The van der Waals surface area contributed by atoms with Gasteiger partial charge in [-0.05, 0) is 6.92 Å². The van der Waals surface area contributed by atoms with Crippen molar-refractivity contribution >= 4 is 0 Å². The molecule has 0 saturated heterocycles. The number of hydrogen-bond donors (Lipinski definition) is 1. The van der Waals surface area contributed by atoms with Crippen LogP contribution in [0.3, 0.4) is 0 Å². The summed E-state index contributed by atoms with van der Waals surface area (Å²) in [6.45, 7) is 5.96. The lowest BCUT2D eigenvalue weighted by Crippen LogP contribution is -1.98. The van der Waals surface area contributed by atoms with E-state index >= 15 is 0 Å². The van der Waals surface area contributed by atoms with Crippen molar-refractivity contribution in [1.29, 1.82) is 0 Å². The van der Waals surface area contributed by atoms with Crippen molar-refractivity contribution in [3.63, 3.8) is 0 Å². The number of nitrogens with two attached hydrogens (primary N) is 1. The van der Waals surface area contributed by atoms with E-state index in [1.54, 1.807) is 6.26 Å². The molecular formula is C8H15NO. The lowest BCUT2D eigenvalue weighted by molar-refractivity contribution is 0.303. The van der Waals surface area contributed by atoms with Crippen LogP contribution in [0.4, 0.5) is 0 Å². The smallest absolute Gasteiger partial charge is 0.121 e. The fourth-order valence-corrected chi connectivity index (χ4v) is 0.514. The van der Waals surface area contributed by atoms with Gasteiger partial charge < -0.3 is 10.5 Å². The summed E-state index contributed by atoms with van der Waals surface area (Å²) in [5.74, 6) is 1.15. The lowest BCUT2D eigenvalue weighted by atomic mass is 10.2. The molecule has 0 aromatic rings. The fourth-order valence-electron chi connectivity index (χ4n) is 0.514. The number of ether oxygens (including phenoxy) is 1. The molecule has 0 saturated carbocycles. The molecule has 0 atom stereocenters. The normalized spacial score (nSPS) is 13.0. The van der Waals surface area contributed by atoms with Gasteiger partial charge in [0.1, 0.15) is 5.76 Å². The van der Waals surface area contributed by atoms with Crippen LogP contribution in [-0.2, 0) is 4.74 Å². The Balaban J connectivity index is 3.86. The molecule has 0 unspecified atom stereocenters. The molecule has 2 heteroatoms. The first-order valence-electron chi connectivity index (χ1n) is 3.42. The van der Waals surface area contributed by atoms with Crippen molar-refractivity contribution in [2.24, 2.45) is 11.7 Å². The summed E-state index contributed by atoms with van der Waals surface area (Å²) >= 11 is 0. The van der Waals surface area contributed by atoms with E-state index in [1.165, 1.54) is 6.20 Å². The van der Waals surface area contributed by atoms with E-state index in [0.717, 1.165) is 5.76 Å². The molecule has 0 aromatic carbocycles. The standard InChI is InChI=1S/C8H15NO/c1-4-5-10-8(6-9)7(2)3/h4-7H,9H2,1-3H3/b5-4-,8-6-. The molecule has 0 rings (SSSR count). The van der Waals surface area contributed by atoms with Crippen molar-refractivity contribution in [3.05, 3.63) is 24.3 Å². The van der Waals surface area contributed by atoms with Crippen LogP contribution in [0.25, 0.3) is 0 Å². The molecule has 0 spiro atoms. The largest absolute Gasteiger partial charge is 0.468 e. The van der Waals surface area contributed by atoms with Crippen molar-refractivity contribution in [2.75, 3.05) is 0 Å². The highest BCUT2D eigenvalue weighted by Gasteiger charge is 2.00. The Labute approximate surface area is 62.4 Å². The van der Waals surface area contributed by atoms with Gasteiger partial charge in [-0.3, -0.25) is 0 Å². The Hall–Kier alpha value is -0.920. The maximum absolute atomic E-state index is 5.29. The van der Waals surface area contributed by atoms with Crippen LogP contribution in [0.5, 0.6) is 0 Å². The molecule has 0 heterocycles. The Bertz CT molecular complexity index is 136. The van der Waals surface area contributed by atoms with E-state index in [9.17, 15) is 0 Å². The summed E-state index contributed by atoms with van der Waals surface area (Å²) in [6, 6.07) is 0. The van der Waals surface area contributed by atoms with Gasteiger partial charge in [0, 0.05) is 12.1 Å². The molecule has 0 radical (unpaired) electrons. The molecule has 0 bridgehead atoms. The molecular weight excluding hydrogens is 126 g/mol. The minimum atomic E-state index is 0.348. The van der Waals surface area contributed by atoms with Crippen molar-refractivity contribution in [2.45, 2.75) is 20.8 Å². The third-order valence-corrected chi connectivity index (χ3v) is 1.07. The zero-order chi connectivity index (χ0) is 7.98. The number of hydrogen-bond acceptors (Lipinski definition) is 2. The Kier molecular flexibility index (Phi) is 4.46. The van der Waals surface area contributed by atoms with Crippen LogP contribution in [-0.4, -0.2) is 0 Å². The summed E-state index contributed by atoms with van der Waals surface area (Å²) in [5, 5.41) is 0. The second-order valence-electron chi connectivity index (χ2n) is 2.31. The Morgan fingerprint density at radius 1 is 1.50 bits per heavy atom. The Morgan fingerprint density at radius 2 is 2.10 bits per heavy atom. The van der Waals surface area contributed by atoms with Crippen LogP contribution in [0.15, 0.2) is 24.3 Å². The maximum Gasteiger partial charge on any atom is 0.121 e. The highest BCUT2D eigenvalue weighted by Crippen LogP contribution is 2.09. The topological polar surface area (TPSA) is 35.2 Å². The minimum absolute atomic E-state index is 0.348. The summed E-state index contributed by atoms with van der Waals surface area (Å²) in [5.41, 5.74) is 5.29. The van der Waals surface area contributed by atoms with Gasteiger partial charge >= 0.3 is 0 Å². The Morgan fingerprint density at radius 3 is 2.40 bits per heavy atom. The average molecular weight is 141 g/mol. The molecule has 2 nitrogen and oxygen atoms in total. The monoisotopic (exact) mass is 141 g/mol. The summed E-state index contributed by atoms with van der Waals surface area (Å²) in [6.07, 6.45) is 4.94. The highest BCUT2D eigenvalue weighted by molar-refractivity contribution is 4.94. The van der Waals surface area contributed by atoms with E-state index < -0.39 is 0 Å². The molecule has 0 amide bonds. The molecule has 10 heavy (non-hydrogen) atoms. The average Bonchev–Trinajstić information content (AvgIpc) is 1.89. The third kappa shape index (κ3) is 3.17. The van der Waals surface area contributed by atoms with E-state index in [2.05, 4.69) is 0 Å². The van der Waals surface area contributed by atoms with Crippen LogP contribution >= 0.6 is 0 Å². The SMILES string of the molecule is C/C=C\O/C(=C\N)C(C)C. The van der Waals surface area contributed by atoms with E-state index in [4.69, 9.17) is 10.5 Å². The molecule has 58 valence electrons. The van der Waals surface area contributed by atoms with E-state index in [-0.39, 0.29) is 0 Å². The first kappa shape index (κ1) is 9.08. The van der Waals surface area contributed by atoms with E-state index in [0.29, 0.717) is 5.92 Å². The zero-order valence-electron chi connectivity index (χ0n) is 6.79. The van der Waals surface area contributed by atoms with Gasteiger partial charge in [0.05, 0.1) is 6.26 Å². The van der Waals surface area contributed by atoms with Gasteiger partial charge in [-0.1, -0.05) is 19.9 Å². The van der Waals surface area contributed by atoms with E-state index in [1.807, 2.05) is 26.8 Å². The second kappa shape index (κ2) is 4.91. The summed E-state index contributed by atoms with van der Waals surface area (Å²) in [4.78, 5) is 0. The predicted molar refractivity (Wildman–Crippen MR) is 43.0 cm³/mol. The number of rotatable bonds is 3. The molecule has 0 fully saturated rings. The molecule has 0 aliphatic rings. The van der Waals surface area contributed by atoms with Gasteiger partial charge in [0.2, 0.25) is 0 Å². The van der Waals surface area contributed by atoms with Gasteiger partial charge in [-0.15, -0.1) is 0 Å². The first-order chi connectivity index (χ1) is 4.72. The van der Waals surface area contributed by atoms with Gasteiger partial charge in [-0.25, -0.2) is 0 Å². The molecule has 0 aliphatic heterocycles. The van der Waals surface area contributed by atoms with Crippen molar-refractivity contribution in [1.82, 2.24) is 0 Å². The first-order valence-corrected chi connectivity index (χ1v) is 3.42. The van der Waals surface area contributed by atoms with Crippen LogP contribution in [0.1, 0.15) is 20.8 Å². The summed E-state index contributed by atoms with van der Waals surface area (Å²) < 4.78 is 5.16. The minimum Gasteiger partial charge on any atom is -0.468 e. The summed E-state index contributed by atoms with van der Waals surface area (Å²) in [7, 11) is 0. The van der Waals surface area contributed by atoms with Gasteiger partial charge in [-0.2, -0.15) is 0 Å². The maximum atomic E-state index is 5.29. The lowest BCUT2D eigenvalue weighted by Gasteiger charge is -2.07. The highest BCUT2D eigenvalue weighted by atomic mass is 16.5. The molecule has 0 aliphatic carbocycles. The zero-order valence-corrected chi connectivity index (χ0v) is 6.79. The predicted octanol–water partition coefficient (Wildman–Crippen LogP) is 1.99. The second-order valence-corrected chi connectivity index (χ2v) is 2.31. The number of allylic oxidation sites excluding steroid dienone is 2. The quantitative estimate of drug-likeness (QED) is 0.610.